The number of benzene rings is 4. The second-order valence-corrected chi connectivity index (χ2v) is 8.52. The van der Waals surface area contributed by atoms with Gasteiger partial charge in [0.2, 0.25) is 0 Å². The van der Waals surface area contributed by atoms with Crippen LogP contribution in [0.3, 0.4) is 0 Å². The third-order valence-electron chi connectivity index (χ3n) is 6.16. The maximum Gasteiger partial charge on any atom is 0.338 e. The fourth-order valence-electron chi connectivity index (χ4n) is 4.48. The number of ether oxygens (including phenoxy) is 2. The van der Waals surface area contributed by atoms with Gasteiger partial charge >= 0.3 is 12.0 Å². The van der Waals surface area contributed by atoms with Crippen molar-refractivity contribution in [3.63, 3.8) is 0 Å². The minimum Gasteiger partial charge on any atom is -0.489 e. The van der Waals surface area contributed by atoms with Gasteiger partial charge in [-0.15, -0.1) is 0 Å². The molecule has 186 valence electrons. The van der Waals surface area contributed by atoms with Crippen LogP contribution in [-0.4, -0.2) is 18.6 Å². The third kappa shape index (κ3) is 5.02. The fraction of sp³-hybridized carbons (Fsp3) is 0.133. The average molecular weight is 497 g/mol. The Labute approximate surface area is 213 Å². The highest BCUT2D eigenvalue weighted by Gasteiger charge is 2.36. The van der Waals surface area contributed by atoms with Gasteiger partial charge in [0.1, 0.15) is 18.2 Å². The number of carbonyl (C=O) groups excluding carboxylic acids is 2. The van der Waals surface area contributed by atoms with Crippen LogP contribution in [0.2, 0.25) is 0 Å². The number of rotatable bonds is 7. The molecule has 1 atom stereocenters. The van der Waals surface area contributed by atoms with Crippen molar-refractivity contribution in [1.29, 1.82) is 0 Å². The normalized spacial score (nSPS) is 15.2. The molecule has 1 aliphatic rings. The van der Waals surface area contributed by atoms with Crippen LogP contribution in [0.5, 0.6) is 5.75 Å². The van der Waals surface area contributed by atoms with Gasteiger partial charge in [-0.05, 0) is 47.0 Å². The van der Waals surface area contributed by atoms with Gasteiger partial charge in [0.05, 0.1) is 23.9 Å². The fourth-order valence-corrected chi connectivity index (χ4v) is 4.48. The molecule has 2 amide bonds. The molecule has 4 aromatic carbocycles. The minimum absolute atomic E-state index is 0.175. The quantitative estimate of drug-likeness (QED) is 0.313. The highest BCUT2D eigenvalue weighted by molar-refractivity contribution is 6.06. The summed E-state index contributed by atoms with van der Waals surface area (Å²) in [5.74, 6) is -0.383. The van der Waals surface area contributed by atoms with Crippen LogP contribution in [-0.2, 0) is 16.1 Å². The lowest BCUT2D eigenvalue weighted by molar-refractivity contribution is -0.138. The third-order valence-corrected chi connectivity index (χ3v) is 6.16. The molecule has 0 saturated heterocycles. The van der Waals surface area contributed by atoms with Crippen molar-refractivity contribution in [2.24, 2.45) is 0 Å². The first-order valence-electron chi connectivity index (χ1n) is 12.0. The number of halogens is 1. The van der Waals surface area contributed by atoms with E-state index in [0.717, 1.165) is 16.3 Å². The van der Waals surface area contributed by atoms with Gasteiger partial charge in [-0.3, -0.25) is 0 Å². The highest BCUT2D eigenvalue weighted by atomic mass is 19.1. The molecule has 2 N–H and O–H groups in total. The van der Waals surface area contributed by atoms with Crippen molar-refractivity contribution in [3.8, 4) is 5.75 Å². The van der Waals surface area contributed by atoms with Gasteiger partial charge in [-0.2, -0.15) is 0 Å². The molecule has 0 bridgehead atoms. The lowest BCUT2D eigenvalue weighted by atomic mass is 9.89. The largest absolute Gasteiger partial charge is 0.489 e. The summed E-state index contributed by atoms with van der Waals surface area (Å²) in [6.07, 6.45) is 0. The second-order valence-electron chi connectivity index (χ2n) is 8.52. The zero-order valence-corrected chi connectivity index (χ0v) is 20.2. The smallest absolute Gasteiger partial charge is 0.338 e. The molecule has 1 heterocycles. The Morgan fingerprint density at radius 1 is 0.919 bits per heavy atom. The lowest BCUT2D eigenvalue weighted by Crippen LogP contribution is -2.45. The van der Waals surface area contributed by atoms with Crippen molar-refractivity contribution >= 4 is 28.5 Å². The molecular weight excluding hydrogens is 471 g/mol. The van der Waals surface area contributed by atoms with Crippen LogP contribution < -0.4 is 15.4 Å². The number of carbonyl (C=O) groups is 2. The summed E-state index contributed by atoms with van der Waals surface area (Å²) in [4.78, 5) is 26.3. The number of hydrogen-bond acceptors (Lipinski definition) is 4. The van der Waals surface area contributed by atoms with Crippen LogP contribution in [0.15, 0.2) is 96.6 Å². The molecule has 0 saturated carbocycles. The Morgan fingerprint density at radius 3 is 2.41 bits per heavy atom. The van der Waals surface area contributed by atoms with Crippen molar-refractivity contribution in [3.05, 3.63) is 119 Å². The molecule has 6 nitrogen and oxygen atoms in total. The molecule has 37 heavy (non-hydrogen) atoms. The van der Waals surface area contributed by atoms with Crippen LogP contribution in [0, 0.1) is 5.82 Å². The number of fused-ring (bicyclic) bond motifs is 1. The van der Waals surface area contributed by atoms with Crippen molar-refractivity contribution in [1.82, 2.24) is 10.6 Å². The number of urea groups is 1. The predicted octanol–water partition coefficient (Wildman–Crippen LogP) is 5.89. The van der Waals surface area contributed by atoms with Crippen LogP contribution in [0.25, 0.3) is 16.5 Å². The maximum atomic E-state index is 13.4. The molecule has 0 aliphatic carbocycles. The molecule has 0 fully saturated rings. The number of amides is 2. The van der Waals surface area contributed by atoms with Gasteiger partial charge in [0.25, 0.3) is 0 Å². The summed E-state index contributed by atoms with van der Waals surface area (Å²) in [6, 6.07) is 25.4. The summed E-state index contributed by atoms with van der Waals surface area (Å²) in [5, 5.41) is 7.47. The SMILES string of the molecule is CCOC(=O)C1=C(c2ccccc2)NC(=O)NC1c1c(OCc2ccc(F)cc2)ccc2ccccc12. The zero-order chi connectivity index (χ0) is 25.8. The Kier molecular flexibility index (Phi) is 6.85. The lowest BCUT2D eigenvalue weighted by Gasteiger charge is -2.31. The summed E-state index contributed by atoms with van der Waals surface area (Å²) < 4.78 is 25.1. The molecule has 4 aromatic rings. The van der Waals surface area contributed by atoms with E-state index in [1.807, 2.05) is 66.7 Å². The summed E-state index contributed by atoms with van der Waals surface area (Å²) in [5.41, 5.74) is 2.74. The zero-order valence-electron chi connectivity index (χ0n) is 20.2. The number of esters is 1. The van der Waals surface area contributed by atoms with Crippen LogP contribution in [0.1, 0.15) is 29.7 Å². The van der Waals surface area contributed by atoms with Gasteiger partial charge < -0.3 is 20.1 Å². The monoisotopic (exact) mass is 496 g/mol. The predicted molar refractivity (Wildman–Crippen MR) is 139 cm³/mol. The minimum atomic E-state index is -0.850. The topological polar surface area (TPSA) is 76.7 Å². The molecule has 0 aromatic heterocycles. The standard InChI is InChI=1S/C30H25FN2O4/c1-2-36-29(34)26-27(21-9-4-3-5-10-21)32-30(35)33-28(26)25-23-11-7-6-8-20(23)14-17-24(25)37-18-19-12-15-22(31)16-13-19/h3-17,28H,2,18H2,1H3,(H2,32,33,35). The summed E-state index contributed by atoms with van der Waals surface area (Å²) in [6.45, 7) is 2.09. The summed E-state index contributed by atoms with van der Waals surface area (Å²) >= 11 is 0. The first-order chi connectivity index (χ1) is 18.0. The highest BCUT2D eigenvalue weighted by Crippen LogP contribution is 2.40. The Bertz CT molecular complexity index is 1480. The van der Waals surface area contributed by atoms with Gasteiger partial charge in [0, 0.05) is 5.56 Å². The number of nitrogens with one attached hydrogen (secondary N) is 2. The molecule has 0 spiro atoms. The Hall–Kier alpha value is -4.65. The van der Waals surface area contributed by atoms with Crippen molar-refractivity contribution < 1.29 is 23.5 Å². The summed E-state index contributed by atoms with van der Waals surface area (Å²) in [7, 11) is 0. The van der Waals surface area contributed by atoms with E-state index >= 15 is 0 Å². The van der Waals surface area contributed by atoms with E-state index in [1.165, 1.54) is 12.1 Å². The Balaban J connectivity index is 1.68. The molecule has 1 aliphatic heterocycles. The van der Waals surface area contributed by atoms with E-state index in [9.17, 15) is 14.0 Å². The number of hydrogen-bond donors (Lipinski definition) is 2. The van der Waals surface area contributed by atoms with E-state index < -0.39 is 18.0 Å². The van der Waals surface area contributed by atoms with Gasteiger partial charge in [-0.25, -0.2) is 14.0 Å². The molecular formula is C30H25FN2O4. The van der Waals surface area contributed by atoms with Crippen molar-refractivity contribution in [2.45, 2.75) is 19.6 Å². The van der Waals surface area contributed by atoms with E-state index in [0.29, 0.717) is 22.6 Å². The van der Waals surface area contributed by atoms with Crippen LogP contribution in [0.4, 0.5) is 9.18 Å². The molecule has 1 unspecified atom stereocenters. The first kappa shape index (κ1) is 24.1. The molecule has 7 heteroatoms. The van der Waals surface area contributed by atoms with E-state index in [-0.39, 0.29) is 24.6 Å². The first-order valence-corrected chi connectivity index (χ1v) is 12.0. The van der Waals surface area contributed by atoms with Crippen LogP contribution >= 0.6 is 0 Å². The Morgan fingerprint density at radius 2 is 1.65 bits per heavy atom. The van der Waals surface area contributed by atoms with Gasteiger partial charge in [-0.1, -0.05) is 72.8 Å². The van der Waals surface area contributed by atoms with E-state index in [4.69, 9.17) is 9.47 Å². The van der Waals surface area contributed by atoms with E-state index in [1.54, 1.807) is 19.1 Å². The second kappa shape index (κ2) is 10.5. The van der Waals surface area contributed by atoms with E-state index in [2.05, 4.69) is 10.6 Å². The van der Waals surface area contributed by atoms with Crippen molar-refractivity contribution in [2.75, 3.05) is 6.61 Å². The molecule has 5 rings (SSSR count). The van der Waals surface area contributed by atoms with Gasteiger partial charge in [0.15, 0.2) is 0 Å². The average Bonchev–Trinajstić information content (AvgIpc) is 2.92. The maximum absolute atomic E-state index is 13.4. The molecule has 0 radical (unpaired) electrons.